The second-order valence-corrected chi connectivity index (χ2v) is 11.8. The molecule has 5 rings (SSSR count). The molecule has 0 spiro atoms. The fourth-order valence-corrected chi connectivity index (χ4v) is 6.49. The second-order valence-electron chi connectivity index (χ2n) is 11.0. The number of alkyl halides is 1. The Morgan fingerprint density at radius 1 is 1.07 bits per heavy atom. The van der Waals surface area contributed by atoms with Gasteiger partial charge < -0.3 is 24.5 Å². The summed E-state index contributed by atoms with van der Waals surface area (Å²) in [7, 11) is 3.49. The first-order valence-corrected chi connectivity index (χ1v) is 15.0. The number of Topliss-reactive ketones (excluding diaryl/α,β-unsaturated/α-hetero) is 1. The molecule has 2 aliphatic rings. The van der Waals surface area contributed by atoms with E-state index in [0.29, 0.717) is 49.0 Å². The Bertz CT molecular complexity index is 1470. The molecule has 3 aromatic rings. The number of ketones is 1. The summed E-state index contributed by atoms with van der Waals surface area (Å²) in [5, 5.41) is 12.2. The summed E-state index contributed by atoms with van der Waals surface area (Å²) in [6.07, 6.45) is 4.00. The quantitative estimate of drug-likeness (QED) is 0.270. The molecule has 1 saturated heterocycles. The van der Waals surface area contributed by atoms with Gasteiger partial charge in [-0.1, -0.05) is 35.9 Å². The number of fused-ring (bicyclic) bond motifs is 1. The minimum atomic E-state index is -1.07. The first-order valence-electron chi connectivity index (χ1n) is 14.2. The zero-order valence-electron chi connectivity index (χ0n) is 23.6. The van der Waals surface area contributed by atoms with Crippen LogP contribution in [-0.2, 0) is 26.1 Å². The van der Waals surface area contributed by atoms with Gasteiger partial charge in [0.15, 0.2) is 12.0 Å². The molecule has 224 valence electrons. The maximum Gasteiger partial charge on any atom is 0.306 e. The van der Waals surface area contributed by atoms with E-state index in [9.17, 15) is 19.5 Å². The van der Waals surface area contributed by atoms with Crippen LogP contribution in [-0.4, -0.2) is 64.4 Å². The van der Waals surface area contributed by atoms with Gasteiger partial charge in [0.1, 0.15) is 11.6 Å². The number of nitrogens with zero attached hydrogens (tertiary/aromatic N) is 2. The smallest absolute Gasteiger partial charge is 0.306 e. The fraction of sp³-hybridized carbons (Fsp3) is 0.452. The van der Waals surface area contributed by atoms with Crippen LogP contribution in [0.3, 0.4) is 0 Å². The Labute approximate surface area is 254 Å². The van der Waals surface area contributed by atoms with Crippen molar-refractivity contribution in [1.29, 1.82) is 0 Å². The highest BCUT2D eigenvalue weighted by molar-refractivity contribution is 6.35. The SMILES string of the molecule is COC1CCCN1C(OC1CCC(C(=O)O)CC1)C(=O)C(Cl)c1ccc(NC(=O)c2cn(C)c3ccccc23)c(Cl)c1. The highest BCUT2D eigenvalue weighted by atomic mass is 35.5. The van der Waals surface area contributed by atoms with Gasteiger partial charge in [0.25, 0.3) is 5.91 Å². The van der Waals surface area contributed by atoms with E-state index in [0.717, 1.165) is 23.7 Å². The molecule has 2 heterocycles. The molecule has 3 unspecified atom stereocenters. The van der Waals surface area contributed by atoms with Crippen molar-refractivity contribution in [2.75, 3.05) is 19.0 Å². The topological polar surface area (TPSA) is 110 Å². The van der Waals surface area contributed by atoms with E-state index in [2.05, 4.69) is 5.32 Å². The van der Waals surface area contributed by atoms with Crippen molar-refractivity contribution >= 4 is 57.5 Å². The van der Waals surface area contributed by atoms with Gasteiger partial charge >= 0.3 is 5.97 Å². The van der Waals surface area contributed by atoms with E-state index in [1.165, 1.54) is 0 Å². The summed E-state index contributed by atoms with van der Waals surface area (Å²) in [6, 6.07) is 12.5. The van der Waals surface area contributed by atoms with E-state index in [1.807, 2.05) is 40.8 Å². The van der Waals surface area contributed by atoms with Crippen molar-refractivity contribution in [2.45, 2.75) is 62.5 Å². The summed E-state index contributed by atoms with van der Waals surface area (Å²) < 4.78 is 13.9. The van der Waals surface area contributed by atoms with Crippen molar-refractivity contribution in [3.8, 4) is 0 Å². The van der Waals surface area contributed by atoms with Gasteiger partial charge in [-0.05, 0) is 62.3 Å². The predicted molar refractivity (Wildman–Crippen MR) is 161 cm³/mol. The minimum absolute atomic E-state index is 0.250. The number of carboxylic acid groups (broad SMARTS) is 1. The van der Waals surface area contributed by atoms with Crippen LogP contribution in [0.2, 0.25) is 5.02 Å². The number of carbonyl (C=O) groups is 3. The van der Waals surface area contributed by atoms with Gasteiger partial charge in [-0.25, -0.2) is 4.90 Å². The lowest BCUT2D eigenvalue weighted by molar-refractivity contribution is -0.174. The lowest BCUT2D eigenvalue weighted by Gasteiger charge is -2.36. The van der Waals surface area contributed by atoms with E-state index >= 15 is 0 Å². The number of anilines is 1. The number of aromatic nitrogens is 1. The molecule has 1 aliphatic carbocycles. The van der Waals surface area contributed by atoms with E-state index in [4.69, 9.17) is 32.7 Å². The number of para-hydroxylation sites is 1. The maximum absolute atomic E-state index is 13.9. The van der Waals surface area contributed by atoms with Crippen molar-refractivity contribution in [3.63, 3.8) is 0 Å². The van der Waals surface area contributed by atoms with Crippen molar-refractivity contribution in [2.24, 2.45) is 13.0 Å². The van der Waals surface area contributed by atoms with Crippen LogP contribution in [0.5, 0.6) is 0 Å². The van der Waals surface area contributed by atoms with E-state index < -0.39 is 17.6 Å². The van der Waals surface area contributed by atoms with Gasteiger partial charge in [0, 0.05) is 37.8 Å². The van der Waals surface area contributed by atoms with Gasteiger partial charge in [-0.15, -0.1) is 11.6 Å². The van der Waals surface area contributed by atoms with Gasteiger partial charge in [0.2, 0.25) is 0 Å². The Balaban J connectivity index is 1.32. The third-order valence-corrected chi connectivity index (χ3v) is 9.10. The number of likely N-dealkylation sites (tertiary alicyclic amines) is 1. The predicted octanol–water partition coefficient (Wildman–Crippen LogP) is 5.99. The summed E-state index contributed by atoms with van der Waals surface area (Å²) in [5.41, 5.74) is 2.34. The number of carboxylic acids is 1. The van der Waals surface area contributed by atoms with Gasteiger partial charge in [0.05, 0.1) is 28.3 Å². The number of carbonyl (C=O) groups excluding carboxylic acids is 2. The van der Waals surface area contributed by atoms with Crippen LogP contribution in [0.15, 0.2) is 48.7 Å². The van der Waals surface area contributed by atoms with E-state index in [1.54, 1.807) is 31.5 Å². The lowest BCUT2D eigenvalue weighted by atomic mass is 9.87. The van der Waals surface area contributed by atoms with Gasteiger partial charge in [-0.3, -0.25) is 14.4 Å². The molecule has 11 heteroatoms. The summed E-state index contributed by atoms with van der Waals surface area (Å²) in [6.45, 7) is 0.614. The average molecular weight is 617 g/mol. The molecule has 1 aliphatic heterocycles. The number of methoxy groups -OCH3 is 1. The summed E-state index contributed by atoms with van der Waals surface area (Å²) in [4.78, 5) is 40.3. The first kappa shape index (κ1) is 30.5. The molecule has 2 N–H and O–H groups in total. The van der Waals surface area contributed by atoms with Crippen molar-refractivity contribution in [1.82, 2.24) is 9.47 Å². The molecule has 0 radical (unpaired) electrons. The number of halogens is 2. The number of aryl methyl sites for hydroxylation is 1. The number of hydrogen-bond acceptors (Lipinski definition) is 6. The Morgan fingerprint density at radius 2 is 1.81 bits per heavy atom. The molecule has 2 fully saturated rings. The van der Waals surface area contributed by atoms with Crippen LogP contribution >= 0.6 is 23.2 Å². The van der Waals surface area contributed by atoms with Gasteiger partial charge in [-0.2, -0.15) is 0 Å². The minimum Gasteiger partial charge on any atom is -0.481 e. The van der Waals surface area contributed by atoms with E-state index in [-0.39, 0.29) is 35.0 Å². The molecular weight excluding hydrogens is 581 g/mol. The highest BCUT2D eigenvalue weighted by Crippen LogP contribution is 2.35. The third kappa shape index (κ3) is 6.35. The largest absolute Gasteiger partial charge is 0.481 e. The van der Waals surface area contributed by atoms with Crippen LogP contribution in [0, 0.1) is 5.92 Å². The lowest BCUT2D eigenvalue weighted by Crippen LogP contribution is -2.49. The summed E-state index contributed by atoms with van der Waals surface area (Å²) in [5.74, 6) is -1.83. The molecule has 1 amide bonds. The molecule has 3 atom stereocenters. The molecule has 2 aromatic carbocycles. The van der Waals surface area contributed by atoms with Crippen LogP contribution in [0.25, 0.3) is 10.9 Å². The van der Waals surface area contributed by atoms with Crippen molar-refractivity contribution in [3.05, 3.63) is 64.8 Å². The Morgan fingerprint density at radius 3 is 2.50 bits per heavy atom. The van der Waals surface area contributed by atoms with Crippen LogP contribution < -0.4 is 5.32 Å². The number of benzene rings is 2. The van der Waals surface area contributed by atoms with Crippen molar-refractivity contribution < 1.29 is 29.0 Å². The van der Waals surface area contributed by atoms with Crippen LogP contribution in [0.4, 0.5) is 5.69 Å². The van der Waals surface area contributed by atoms with Crippen LogP contribution in [0.1, 0.15) is 59.8 Å². The molecule has 1 aromatic heterocycles. The number of ether oxygens (including phenoxy) is 2. The normalized spacial score (nSPS) is 22.6. The molecule has 9 nitrogen and oxygen atoms in total. The third-order valence-electron chi connectivity index (χ3n) is 8.32. The second kappa shape index (κ2) is 13.1. The number of aliphatic carboxylic acids is 1. The summed E-state index contributed by atoms with van der Waals surface area (Å²) >= 11 is 13.4. The number of nitrogens with one attached hydrogen (secondary N) is 1. The molecule has 1 saturated carbocycles. The zero-order valence-corrected chi connectivity index (χ0v) is 25.1. The Hall–Kier alpha value is -2.95. The molecule has 42 heavy (non-hydrogen) atoms. The number of amides is 1. The maximum atomic E-state index is 13.9. The highest BCUT2D eigenvalue weighted by Gasteiger charge is 2.41. The number of rotatable bonds is 10. The monoisotopic (exact) mass is 615 g/mol. The molecule has 0 bridgehead atoms. The first-order chi connectivity index (χ1) is 20.2. The number of hydrogen-bond donors (Lipinski definition) is 2. The fourth-order valence-electron chi connectivity index (χ4n) is 6.01. The zero-order chi connectivity index (χ0) is 30.0. The standard InChI is InChI=1S/C31H35Cl2N3O6/c1-35-17-22(21-6-3-4-7-25(21)35)29(38)34-24-14-11-19(16-23(24)32)27(33)28(37)30(36-15-5-8-26(36)41-2)42-20-12-9-18(10-13-20)31(39)40/h3-4,6-7,11,14,16-18,20,26-27,30H,5,8-10,12-13,15H2,1-2H3,(H,34,38)(H,39,40). The average Bonchev–Trinajstić information content (AvgIpc) is 3.61. The Kier molecular flexibility index (Phi) is 9.54. The molecular formula is C31H35Cl2N3O6.